The van der Waals surface area contributed by atoms with Gasteiger partial charge in [-0.15, -0.1) is 0 Å². The van der Waals surface area contributed by atoms with Gasteiger partial charge < -0.3 is 9.30 Å². The Morgan fingerprint density at radius 1 is 1.13 bits per heavy atom. The first-order valence-electron chi connectivity index (χ1n) is 9.26. The van der Waals surface area contributed by atoms with Gasteiger partial charge in [-0.2, -0.15) is 4.98 Å². The first kappa shape index (κ1) is 19.6. The van der Waals surface area contributed by atoms with Crippen molar-refractivity contribution in [2.75, 3.05) is 13.7 Å². The smallest absolute Gasteiger partial charge is 0.332 e. The number of benzene rings is 1. The molecular weight excluding hydrogens is 392 g/mol. The van der Waals surface area contributed by atoms with Crippen molar-refractivity contribution in [3.8, 4) is 11.3 Å². The van der Waals surface area contributed by atoms with Gasteiger partial charge in [-0.3, -0.25) is 28.4 Å². The molecule has 3 heterocycles. The highest BCUT2D eigenvalue weighted by atomic mass is 16.6. The number of nitrogens with zero attached hydrogens (tertiary/aromatic N) is 6. The largest absolute Gasteiger partial charge is 0.385 e. The van der Waals surface area contributed by atoms with Crippen LogP contribution in [-0.2, 0) is 25.4 Å². The second-order valence-corrected chi connectivity index (χ2v) is 6.98. The minimum atomic E-state index is -0.452. The van der Waals surface area contributed by atoms with Crippen LogP contribution in [-0.4, -0.2) is 41.7 Å². The van der Waals surface area contributed by atoms with E-state index in [1.165, 1.54) is 23.7 Å². The molecule has 0 amide bonds. The molecule has 4 rings (SSSR count). The zero-order chi connectivity index (χ0) is 21.6. The summed E-state index contributed by atoms with van der Waals surface area (Å²) in [5, 5.41) is 11.0. The highest BCUT2D eigenvalue weighted by Crippen LogP contribution is 2.27. The van der Waals surface area contributed by atoms with Crippen molar-refractivity contribution < 1.29 is 9.66 Å². The lowest BCUT2D eigenvalue weighted by atomic mass is 10.1. The minimum absolute atomic E-state index is 0.00432. The summed E-state index contributed by atoms with van der Waals surface area (Å²) in [7, 11) is 4.62. The third-order valence-electron chi connectivity index (χ3n) is 5.16. The molecule has 0 unspecified atom stereocenters. The number of nitro benzene ring substituents is 1. The van der Waals surface area contributed by atoms with Crippen molar-refractivity contribution in [1.82, 2.24) is 23.1 Å². The topological polar surface area (TPSA) is 119 Å². The summed E-state index contributed by atoms with van der Waals surface area (Å²) in [5.74, 6) is 0.507. The third kappa shape index (κ3) is 2.90. The monoisotopic (exact) mass is 412 g/mol. The molecule has 0 N–H and O–H groups in total. The van der Waals surface area contributed by atoms with Crippen LogP contribution >= 0.6 is 0 Å². The predicted octanol–water partition coefficient (Wildman–Crippen LogP) is 1.30. The van der Waals surface area contributed by atoms with Gasteiger partial charge in [0.15, 0.2) is 11.2 Å². The van der Waals surface area contributed by atoms with Crippen LogP contribution in [0.15, 0.2) is 40.1 Å². The summed E-state index contributed by atoms with van der Waals surface area (Å²) in [4.78, 5) is 40.2. The summed E-state index contributed by atoms with van der Waals surface area (Å²) in [6, 6.07) is 6.20. The Balaban J connectivity index is 2.00. The maximum absolute atomic E-state index is 12.8. The zero-order valence-electron chi connectivity index (χ0n) is 16.7. The molecule has 0 saturated heterocycles. The molecule has 0 aliphatic heterocycles. The molecule has 0 atom stereocenters. The number of aryl methyl sites for hydroxylation is 2. The van der Waals surface area contributed by atoms with Crippen molar-refractivity contribution in [2.24, 2.45) is 14.1 Å². The highest BCUT2D eigenvalue weighted by Gasteiger charge is 2.21. The maximum atomic E-state index is 12.8. The minimum Gasteiger partial charge on any atom is -0.385 e. The van der Waals surface area contributed by atoms with E-state index in [0.717, 1.165) is 15.8 Å². The lowest BCUT2D eigenvalue weighted by molar-refractivity contribution is -0.384. The van der Waals surface area contributed by atoms with Crippen LogP contribution in [0.2, 0.25) is 0 Å². The Morgan fingerprint density at radius 3 is 2.47 bits per heavy atom. The van der Waals surface area contributed by atoms with Gasteiger partial charge in [0.05, 0.1) is 10.6 Å². The molecule has 11 nitrogen and oxygen atoms in total. The van der Waals surface area contributed by atoms with Crippen LogP contribution in [0.3, 0.4) is 0 Å². The number of methoxy groups -OCH3 is 1. The quantitative estimate of drug-likeness (QED) is 0.268. The average Bonchev–Trinajstić information content (AvgIpc) is 3.28. The van der Waals surface area contributed by atoms with Gasteiger partial charge >= 0.3 is 5.69 Å². The van der Waals surface area contributed by atoms with E-state index in [1.54, 1.807) is 36.9 Å². The number of aromatic nitrogens is 5. The third-order valence-corrected chi connectivity index (χ3v) is 5.16. The van der Waals surface area contributed by atoms with Crippen LogP contribution in [0, 0.1) is 10.1 Å². The van der Waals surface area contributed by atoms with Gasteiger partial charge in [-0.1, -0.05) is 0 Å². The molecule has 0 aliphatic carbocycles. The Bertz CT molecular complexity index is 1390. The SMILES string of the molecule is COCCCn1c(-c2ccc([N+](=O)[O-])cc2)cn2c3c(=O)n(C)c(=O)n(C)c3nc12. The molecule has 0 bridgehead atoms. The second-order valence-electron chi connectivity index (χ2n) is 6.98. The Kier molecular flexibility index (Phi) is 4.74. The molecule has 11 heteroatoms. The van der Waals surface area contributed by atoms with E-state index >= 15 is 0 Å². The van der Waals surface area contributed by atoms with Crippen LogP contribution in [0.1, 0.15) is 6.42 Å². The van der Waals surface area contributed by atoms with E-state index in [2.05, 4.69) is 4.98 Å². The molecular formula is C19H20N6O5. The van der Waals surface area contributed by atoms with E-state index in [0.29, 0.717) is 36.5 Å². The van der Waals surface area contributed by atoms with Gasteiger partial charge in [0, 0.05) is 58.2 Å². The second kappa shape index (κ2) is 7.26. The van der Waals surface area contributed by atoms with Crippen LogP contribution in [0.25, 0.3) is 28.2 Å². The fourth-order valence-electron chi connectivity index (χ4n) is 3.59. The van der Waals surface area contributed by atoms with E-state index in [4.69, 9.17) is 4.74 Å². The van der Waals surface area contributed by atoms with Crippen molar-refractivity contribution in [1.29, 1.82) is 0 Å². The fourth-order valence-corrected chi connectivity index (χ4v) is 3.59. The van der Waals surface area contributed by atoms with E-state index in [-0.39, 0.29) is 5.69 Å². The van der Waals surface area contributed by atoms with Crippen molar-refractivity contribution in [3.63, 3.8) is 0 Å². The molecule has 0 fully saturated rings. The van der Waals surface area contributed by atoms with E-state index < -0.39 is 16.2 Å². The van der Waals surface area contributed by atoms with Crippen molar-refractivity contribution >= 4 is 22.6 Å². The summed E-state index contributed by atoms with van der Waals surface area (Å²) in [5.41, 5.74) is 1.20. The lowest BCUT2D eigenvalue weighted by Gasteiger charge is -2.08. The number of non-ortho nitro benzene ring substituents is 1. The van der Waals surface area contributed by atoms with Gasteiger partial charge in [0.2, 0.25) is 5.78 Å². The van der Waals surface area contributed by atoms with Crippen LogP contribution in [0.4, 0.5) is 5.69 Å². The van der Waals surface area contributed by atoms with Gasteiger partial charge in [-0.05, 0) is 18.6 Å². The normalized spacial score (nSPS) is 11.6. The molecule has 156 valence electrons. The van der Waals surface area contributed by atoms with Gasteiger partial charge in [0.25, 0.3) is 11.2 Å². The predicted molar refractivity (Wildman–Crippen MR) is 110 cm³/mol. The fraction of sp³-hybridized carbons (Fsp3) is 0.316. The lowest BCUT2D eigenvalue weighted by Crippen LogP contribution is -2.37. The van der Waals surface area contributed by atoms with Crippen LogP contribution < -0.4 is 11.2 Å². The number of hydrogen-bond donors (Lipinski definition) is 0. The Hall–Kier alpha value is -3.73. The first-order valence-corrected chi connectivity index (χ1v) is 9.26. The average molecular weight is 412 g/mol. The number of ether oxygens (including phenoxy) is 1. The Morgan fingerprint density at radius 2 is 1.83 bits per heavy atom. The summed E-state index contributed by atoms with van der Waals surface area (Å²) < 4.78 is 11.1. The number of fused-ring (bicyclic) bond motifs is 3. The number of hydrogen-bond acceptors (Lipinski definition) is 6. The molecule has 3 aromatic heterocycles. The number of rotatable bonds is 6. The summed E-state index contributed by atoms with van der Waals surface area (Å²) in [6.45, 7) is 1.08. The molecule has 0 radical (unpaired) electrons. The molecule has 0 aliphatic rings. The number of imidazole rings is 2. The van der Waals surface area contributed by atoms with Gasteiger partial charge in [-0.25, -0.2) is 4.79 Å². The van der Waals surface area contributed by atoms with E-state index in [1.807, 2.05) is 4.57 Å². The molecule has 4 aromatic rings. The molecule has 0 spiro atoms. The zero-order valence-corrected chi connectivity index (χ0v) is 16.7. The molecule has 0 saturated carbocycles. The molecule has 1 aromatic carbocycles. The maximum Gasteiger partial charge on any atom is 0.332 e. The number of nitro groups is 1. The first-order chi connectivity index (χ1) is 14.3. The molecule has 30 heavy (non-hydrogen) atoms. The van der Waals surface area contributed by atoms with E-state index in [9.17, 15) is 19.7 Å². The summed E-state index contributed by atoms with van der Waals surface area (Å²) >= 11 is 0. The standard InChI is InChI=1S/C19H20N6O5/c1-21-16-15(17(26)22(2)19(21)27)24-11-14(12-5-7-13(8-6-12)25(28)29)23(18(24)20-16)9-4-10-30-3/h5-8,11H,4,9-10H2,1-3H3. The summed E-state index contributed by atoms with van der Waals surface area (Å²) in [6.07, 6.45) is 2.46. The highest BCUT2D eigenvalue weighted by molar-refractivity contribution is 5.78. The Labute approximate surface area is 169 Å². The van der Waals surface area contributed by atoms with Crippen LogP contribution in [0.5, 0.6) is 0 Å². The van der Waals surface area contributed by atoms with Gasteiger partial charge in [0.1, 0.15) is 0 Å². The van der Waals surface area contributed by atoms with Crippen molar-refractivity contribution in [3.05, 3.63) is 61.4 Å². The van der Waals surface area contributed by atoms with Crippen molar-refractivity contribution in [2.45, 2.75) is 13.0 Å².